The predicted octanol–water partition coefficient (Wildman–Crippen LogP) is -0.223. The molecule has 0 spiro atoms. The monoisotopic (exact) mass is 158 g/mol. The quantitative estimate of drug-likeness (QED) is 0.545. The van der Waals surface area contributed by atoms with Crippen molar-refractivity contribution in [3.63, 3.8) is 0 Å². The van der Waals surface area contributed by atoms with E-state index in [1.165, 1.54) is 0 Å². The number of aliphatic hydroxyl groups excluding tert-OH is 1. The minimum absolute atomic E-state index is 0.0741. The highest BCUT2D eigenvalue weighted by Gasteiger charge is 2.31. The first kappa shape index (κ1) is 8.23. The molecule has 0 amide bonds. The van der Waals surface area contributed by atoms with Crippen LogP contribution in [0.3, 0.4) is 0 Å². The average molecular weight is 158 g/mol. The molecule has 1 saturated heterocycles. The van der Waals surface area contributed by atoms with Gasteiger partial charge in [0.1, 0.15) is 6.10 Å². The highest BCUT2D eigenvalue weighted by Crippen LogP contribution is 2.19. The topological polar surface area (TPSA) is 66.8 Å². The van der Waals surface area contributed by atoms with Gasteiger partial charge in [0.05, 0.1) is 18.3 Å². The lowest BCUT2D eigenvalue weighted by Gasteiger charge is -2.12. The summed E-state index contributed by atoms with van der Waals surface area (Å²) in [5.74, 6) is -1.11. The van der Waals surface area contributed by atoms with Gasteiger partial charge in [-0.3, -0.25) is 0 Å². The highest BCUT2D eigenvalue weighted by molar-refractivity contribution is 5.87. The van der Waals surface area contributed by atoms with Gasteiger partial charge in [-0.2, -0.15) is 0 Å². The second kappa shape index (κ2) is 3.02. The predicted molar refractivity (Wildman–Crippen MR) is 37.1 cm³/mol. The fourth-order valence-electron chi connectivity index (χ4n) is 1.03. The fourth-order valence-corrected chi connectivity index (χ4v) is 1.03. The van der Waals surface area contributed by atoms with Crippen LogP contribution in [0.15, 0.2) is 12.2 Å². The first-order chi connectivity index (χ1) is 5.13. The Kier molecular flexibility index (Phi) is 2.26. The van der Waals surface area contributed by atoms with Crippen LogP contribution >= 0.6 is 0 Å². The van der Waals surface area contributed by atoms with Crippen LogP contribution in [-0.2, 0) is 9.53 Å². The van der Waals surface area contributed by atoms with E-state index in [-0.39, 0.29) is 5.57 Å². The van der Waals surface area contributed by atoms with Gasteiger partial charge in [-0.05, 0) is 6.42 Å². The number of carboxylic acid groups (broad SMARTS) is 1. The third-order valence-corrected chi connectivity index (χ3v) is 1.68. The summed E-state index contributed by atoms with van der Waals surface area (Å²) >= 11 is 0. The second-order valence-corrected chi connectivity index (χ2v) is 2.48. The molecule has 0 aromatic rings. The van der Waals surface area contributed by atoms with Crippen LogP contribution in [0.4, 0.5) is 0 Å². The van der Waals surface area contributed by atoms with E-state index >= 15 is 0 Å². The summed E-state index contributed by atoms with van der Waals surface area (Å²) < 4.78 is 4.96. The standard InChI is InChI=1S/C7H10O4/c1-4(7(9)10)6-5(8)2-3-11-6/h5-6,8H,1-3H2,(H,9,10). The van der Waals surface area contributed by atoms with Gasteiger partial charge < -0.3 is 14.9 Å². The van der Waals surface area contributed by atoms with E-state index in [1.807, 2.05) is 0 Å². The zero-order valence-electron chi connectivity index (χ0n) is 5.99. The van der Waals surface area contributed by atoms with Crippen LogP contribution in [0.1, 0.15) is 6.42 Å². The first-order valence-corrected chi connectivity index (χ1v) is 3.34. The van der Waals surface area contributed by atoms with Crippen molar-refractivity contribution in [3.05, 3.63) is 12.2 Å². The molecular formula is C7H10O4. The van der Waals surface area contributed by atoms with E-state index in [9.17, 15) is 4.79 Å². The minimum Gasteiger partial charge on any atom is -0.478 e. The molecule has 1 fully saturated rings. The number of hydrogen-bond donors (Lipinski definition) is 2. The summed E-state index contributed by atoms with van der Waals surface area (Å²) in [6.45, 7) is 3.70. The van der Waals surface area contributed by atoms with Crippen LogP contribution in [0.25, 0.3) is 0 Å². The average Bonchev–Trinajstić information content (AvgIpc) is 2.33. The van der Waals surface area contributed by atoms with Crippen LogP contribution in [0, 0.1) is 0 Å². The fraction of sp³-hybridized carbons (Fsp3) is 0.571. The molecule has 2 N–H and O–H groups in total. The molecule has 62 valence electrons. The van der Waals surface area contributed by atoms with Crippen LogP contribution in [0.2, 0.25) is 0 Å². The largest absolute Gasteiger partial charge is 0.478 e. The van der Waals surface area contributed by atoms with Crippen LogP contribution in [0.5, 0.6) is 0 Å². The number of aliphatic hydroxyl groups is 1. The molecule has 1 aliphatic rings. The zero-order valence-corrected chi connectivity index (χ0v) is 5.99. The van der Waals surface area contributed by atoms with Gasteiger partial charge >= 0.3 is 5.97 Å². The SMILES string of the molecule is C=C(C(=O)O)C1OCCC1O. The van der Waals surface area contributed by atoms with Gasteiger partial charge in [0.25, 0.3) is 0 Å². The van der Waals surface area contributed by atoms with Crippen molar-refractivity contribution in [1.82, 2.24) is 0 Å². The van der Waals surface area contributed by atoms with Crippen LogP contribution < -0.4 is 0 Å². The maximum absolute atomic E-state index is 10.3. The molecule has 0 aromatic heterocycles. The summed E-state index contributed by atoms with van der Waals surface area (Å²) in [6, 6.07) is 0. The Morgan fingerprint density at radius 1 is 1.64 bits per heavy atom. The molecule has 1 rings (SSSR count). The maximum atomic E-state index is 10.3. The molecule has 0 bridgehead atoms. The smallest absolute Gasteiger partial charge is 0.333 e. The molecule has 0 saturated carbocycles. The van der Waals surface area contributed by atoms with E-state index < -0.39 is 18.2 Å². The van der Waals surface area contributed by atoms with E-state index in [0.29, 0.717) is 13.0 Å². The number of carbonyl (C=O) groups is 1. The molecule has 1 aliphatic heterocycles. The number of rotatable bonds is 2. The number of aliphatic carboxylic acids is 1. The third kappa shape index (κ3) is 1.58. The Labute approximate surface area is 64.1 Å². The molecule has 0 radical (unpaired) electrons. The van der Waals surface area contributed by atoms with E-state index in [4.69, 9.17) is 14.9 Å². The Hall–Kier alpha value is -0.870. The molecule has 0 aliphatic carbocycles. The lowest BCUT2D eigenvalue weighted by molar-refractivity contribution is -0.134. The van der Waals surface area contributed by atoms with Crippen molar-refractivity contribution < 1.29 is 19.7 Å². The molecule has 2 atom stereocenters. The number of hydrogen-bond acceptors (Lipinski definition) is 3. The Balaban J connectivity index is 2.60. The molecule has 4 nitrogen and oxygen atoms in total. The number of ether oxygens (including phenoxy) is 1. The minimum atomic E-state index is -1.11. The Bertz CT molecular complexity index is 187. The van der Waals surface area contributed by atoms with Gasteiger partial charge in [-0.15, -0.1) is 0 Å². The number of carboxylic acids is 1. The Morgan fingerprint density at radius 3 is 2.64 bits per heavy atom. The summed E-state index contributed by atoms with van der Waals surface area (Å²) in [5, 5.41) is 17.6. The van der Waals surface area contributed by atoms with Crippen molar-refractivity contribution in [2.24, 2.45) is 0 Å². The van der Waals surface area contributed by atoms with E-state index in [0.717, 1.165) is 0 Å². The summed E-state index contributed by atoms with van der Waals surface area (Å²) in [7, 11) is 0. The summed E-state index contributed by atoms with van der Waals surface area (Å²) in [5.41, 5.74) is -0.0741. The van der Waals surface area contributed by atoms with Gasteiger partial charge in [0.15, 0.2) is 0 Å². The van der Waals surface area contributed by atoms with E-state index in [1.54, 1.807) is 0 Å². The van der Waals surface area contributed by atoms with Gasteiger partial charge in [0, 0.05) is 0 Å². The van der Waals surface area contributed by atoms with E-state index in [2.05, 4.69) is 6.58 Å². The molecule has 1 heterocycles. The van der Waals surface area contributed by atoms with Crippen molar-refractivity contribution >= 4 is 5.97 Å². The highest BCUT2D eigenvalue weighted by atomic mass is 16.5. The van der Waals surface area contributed by atoms with Crippen molar-refractivity contribution in [3.8, 4) is 0 Å². The van der Waals surface area contributed by atoms with Crippen LogP contribution in [-0.4, -0.2) is 35.0 Å². The molecule has 2 unspecified atom stereocenters. The van der Waals surface area contributed by atoms with Gasteiger partial charge in [-0.1, -0.05) is 6.58 Å². The molecule has 11 heavy (non-hydrogen) atoms. The normalized spacial score (nSPS) is 30.3. The zero-order chi connectivity index (χ0) is 8.43. The summed E-state index contributed by atoms with van der Waals surface area (Å²) in [4.78, 5) is 10.3. The van der Waals surface area contributed by atoms with Gasteiger partial charge in [0.2, 0.25) is 0 Å². The third-order valence-electron chi connectivity index (χ3n) is 1.68. The van der Waals surface area contributed by atoms with Crippen molar-refractivity contribution in [1.29, 1.82) is 0 Å². The maximum Gasteiger partial charge on any atom is 0.333 e. The Morgan fingerprint density at radius 2 is 2.27 bits per heavy atom. The molecule has 4 heteroatoms. The van der Waals surface area contributed by atoms with Gasteiger partial charge in [-0.25, -0.2) is 4.79 Å². The second-order valence-electron chi connectivity index (χ2n) is 2.48. The lowest BCUT2D eigenvalue weighted by Crippen LogP contribution is -2.26. The summed E-state index contributed by atoms with van der Waals surface area (Å²) in [6.07, 6.45) is -0.942. The molecular weight excluding hydrogens is 148 g/mol. The van der Waals surface area contributed by atoms with Crippen molar-refractivity contribution in [2.45, 2.75) is 18.6 Å². The lowest BCUT2D eigenvalue weighted by atomic mass is 10.1. The van der Waals surface area contributed by atoms with Crippen molar-refractivity contribution in [2.75, 3.05) is 6.61 Å². The first-order valence-electron chi connectivity index (χ1n) is 3.34. The molecule has 0 aromatic carbocycles.